The van der Waals surface area contributed by atoms with Crippen LogP contribution in [0.25, 0.3) is 11.1 Å². The van der Waals surface area contributed by atoms with E-state index in [4.69, 9.17) is 31.5 Å². The summed E-state index contributed by atoms with van der Waals surface area (Å²) in [7, 11) is 1.36. The second-order valence-corrected chi connectivity index (χ2v) is 7.94. The fraction of sp³-hybridized carbons (Fsp3) is 0.250. The SMILES string of the molecule is COC(=O)CCc1c(-c2ccc(Cl)cc2)c(C(N)=O)c(C)n1Cc1ccc2c(c1)OCO2. The number of ether oxygens (including phenoxy) is 3. The number of halogens is 1. The lowest BCUT2D eigenvalue weighted by Gasteiger charge is -2.14. The van der Waals surface area contributed by atoms with Crippen molar-refractivity contribution in [3.8, 4) is 22.6 Å². The Morgan fingerprint density at radius 1 is 1.12 bits per heavy atom. The molecule has 4 rings (SSSR count). The van der Waals surface area contributed by atoms with Crippen LogP contribution in [-0.2, 0) is 22.5 Å². The molecule has 1 aliphatic rings. The van der Waals surface area contributed by atoms with Gasteiger partial charge in [-0.05, 0) is 48.7 Å². The molecule has 0 saturated heterocycles. The van der Waals surface area contributed by atoms with Gasteiger partial charge in [0.05, 0.1) is 19.1 Å². The van der Waals surface area contributed by atoms with Crippen LogP contribution in [0.1, 0.15) is 33.7 Å². The van der Waals surface area contributed by atoms with Gasteiger partial charge in [-0.25, -0.2) is 0 Å². The molecule has 3 aromatic rings. The third-order valence-electron chi connectivity index (χ3n) is 5.58. The van der Waals surface area contributed by atoms with Crippen molar-refractivity contribution >= 4 is 23.5 Å². The summed E-state index contributed by atoms with van der Waals surface area (Å²) >= 11 is 6.07. The van der Waals surface area contributed by atoms with Gasteiger partial charge in [-0.15, -0.1) is 0 Å². The number of methoxy groups -OCH3 is 1. The van der Waals surface area contributed by atoms with Gasteiger partial charge in [0.15, 0.2) is 11.5 Å². The number of primary amides is 1. The fourth-order valence-corrected chi connectivity index (χ4v) is 4.17. The van der Waals surface area contributed by atoms with Crippen molar-refractivity contribution in [2.45, 2.75) is 26.3 Å². The Labute approximate surface area is 190 Å². The zero-order chi connectivity index (χ0) is 22.8. The van der Waals surface area contributed by atoms with Crippen LogP contribution in [0.2, 0.25) is 5.02 Å². The van der Waals surface area contributed by atoms with E-state index >= 15 is 0 Å². The van der Waals surface area contributed by atoms with E-state index < -0.39 is 5.91 Å². The number of carbonyl (C=O) groups excluding carboxylic acids is 2. The summed E-state index contributed by atoms with van der Waals surface area (Å²) in [5.41, 5.74) is 10.2. The van der Waals surface area contributed by atoms with Gasteiger partial charge in [-0.1, -0.05) is 29.8 Å². The van der Waals surface area contributed by atoms with E-state index in [0.717, 1.165) is 22.5 Å². The van der Waals surface area contributed by atoms with E-state index in [0.29, 0.717) is 40.6 Å². The first-order valence-corrected chi connectivity index (χ1v) is 10.5. The maximum absolute atomic E-state index is 12.5. The molecule has 7 nitrogen and oxygen atoms in total. The molecule has 32 heavy (non-hydrogen) atoms. The van der Waals surface area contributed by atoms with Crippen LogP contribution in [0, 0.1) is 6.92 Å². The molecular weight excluding hydrogens is 432 g/mol. The molecule has 0 radical (unpaired) electrons. The Bertz CT molecular complexity index is 1180. The summed E-state index contributed by atoms with van der Waals surface area (Å²) in [6.45, 7) is 2.51. The molecule has 0 atom stereocenters. The van der Waals surface area contributed by atoms with Crippen molar-refractivity contribution in [1.29, 1.82) is 0 Å². The van der Waals surface area contributed by atoms with Crippen LogP contribution in [0.15, 0.2) is 42.5 Å². The molecule has 8 heteroatoms. The van der Waals surface area contributed by atoms with Gasteiger partial charge >= 0.3 is 5.97 Å². The third kappa shape index (κ3) is 4.16. The molecule has 1 aliphatic heterocycles. The van der Waals surface area contributed by atoms with Crippen LogP contribution in [-0.4, -0.2) is 30.3 Å². The summed E-state index contributed by atoms with van der Waals surface area (Å²) in [4.78, 5) is 24.4. The standard InChI is InChI=1S/C24H23ClN2O5/c1-14-22(24(26)29)23(16-4-6-17(25)7-5-16)18(8-10-21(28)30-2)27(14)12-15-3-9-19-20(11-15)32-13-31-19/h3-7,9,11H,8,10,12-13H2,1-2H3,(H2,26,29). The van der Waals surface area contributed by atoms with Gasteiger partial charge in [0.1, 0.15) is 0 Å². The van der Waals surface area contributed by atoms with Crippen LogP contribution in [0.3, 0.4) is 0 Å². The molecule has 1 amide bonds. The predicted octanol–water partition coefficient (Wildman–Crippen LogP) is 4.10. The minimum absolute atomic E-state index is 0.167. The Hall–Kier alpha value is -3.45. The Morgan fingerprint density at radius 2 is 1.84 bits per heavy atom. The Balaban J connectivity index is 1.85. The largest absolute Gasteiger partial charge is 0.469 e. The summed E-state index contributed by atoms with van der Waals surface area (Å²) < 4.78 is 17.8. The molecule has 0 unspecified atom stereocenters. The van der Waals surface area contributed by atoms with Gasteiger partial charge in [-0.3, -0.25) is 9.59 Å². The van der Waals surface area contributed by atoms with Crippen LogP contribution in [0.5, 0.6) is 11.5 Å². The number of esters is 1. The van der Waals surface area contributed by atoms with Gasteiger partial charge in [0.25, 0.3) is 5.91 Å². The number of fused-ring (bicyclic) bond motifs is 1. The predicted molar refractivity (Wildman–Crippen MR) is 120 cm³/mol. The van der Waals surface area contributed by atoms with Gasteiger partial charge < -0.3 is 24.5 Å². The Morgan fingerprint density at radius 3 is 2.53 bits per heavy atom. The molecule has 1 aromatic heterocycles. The number of rotatable bonds is 7. The number of nitrogens with two attached hydrogens (primary N) is 1. The molecular formula is C24H23ClN2O5. The molecule has 0 aliphatic carbocycles. The highest BCUT2D eigenvalue weighted by Gasteiger charge is 2.26. The van der Waals surface area contributed by atoms with E-state index in [2.05, 4.69) is 0 Å². The normalized spacial score (nSPS) is 12.1. The molecule has 166 valence electrons. The number of amides is 1. The maximum atomic E-state index is 12.5. The number of aromatic nitrogens is 1. The minimum atomic E-state index is -0.531. The fourth-order valence-electron chi connectivity index (χ4n) is 4.04. The highest BCUT2D eigenvalue weighted by atomic mass is 35.5. The number of hydrogen-bond acceptors (Lipinski definition) is 5. The highest BCUT2D eigenvalue weighted by Crippen LogP contribution is 2.36. The maximum Gasteiger partial charge on any atom is 0.305 e. The van der Waals surface area contributed by atoms with E-state index in [1.54, 1.807) is 12.1 Å². The quantitative estimate of drug-likeness (QED) is 0.542. The molecule has 0 fully saturated rings. The van der Waals surface area contributed by atoms with Crippen molar-refractivity contribution in [3.63, 3.8) is 0 Å². The molecule has 2 heterocycles. The molecule has 0 saturated carbocycles. The topological polar surface area (TPSA) is 92.8 Å². The number of carbonyl (C=O) groups is 2. The molecule has 2 aromatic carbocycles. The van der Waals surface area contributed by atoms with Crippen molar-refractivity contribution in [1.82, 2.24) is 4.57 Å². The van der Waals surface area contributed by atoms with Crippen molar-refractivity contribution in [2.75, 3.05) is 13.9 Å². The lowest BCUT2D eigenvalue weighted by atomic mass is 9.98. The number of benzene rings is 2. The average molecular weight is 455 g/mol. The molecule has 0 spiro atoms. The van der Waals surface area contributed by atoms with Gasteiger partial charge in [0.2, 0.25) is 6.79 Å². The summed E-state index contributed by atoms with van der Waals surface area (Å²) in [5.74, 6) is 0.511. The second kappa shape index (κ2) is 8.96. The van der Waals surface area contributed by atoms with Crippen LogP contribution < -0.4 is 15.2 Å². The van der Waals surface area contributed by atoms with E-state index in [1.807, 2.05) is 41.8 Å². The zero-order valence-corrected chi connectivity index (χ0v) is 18.6. The van der Waals surface area contributed by atoms with Gasteiger partial charge in [0, 0.05) is 28.5 Å². The number of hydrogen-bond donors (Lipinski definition) is 1. The van der Waals surface area contributed by atoms with E-state index in [9.17, 15) is 9.59 Å². The van der Waals surface area contributed by atoms with E-state index in [1.165, 1.54) is 7.11 Å². The molecule has 0 bridgehead atoms. The van der Waals surface area contributed by atoms with Gasteiger partial charge in [-0.2, -0.15) is 0 Å². The van der Waals surface area contributed by atoms with E-state index in [-0.39, 0.29) is 19.2 Å². The first-order chi connectivity index (χ1) is 15.4. The first kappa shape index (κ1) is 21.8. The molecule has 2 N–H and O–H groups in total. The summed E-state index contributed by atoms with van der Waals surface area (Å²) in [6, 6.07) is 12.9. The summed E-state index contributed by atoms with van der Waals surface area (Å²) in [6.07, 6.45) is 0.545. The lowest BCUT2D eigenvalue weighted by molar-refractivity contribution is -0.140. The number of nitrogens with zero attached hydrogens (tertiary/aromatic N) is 1. The first-order valence-electron chi connectivity index (χ1n) is 10.1. The summed E-state index contributed by atoms with van der Waals surface area (Å²) in [5, 5.41) is 0.585. The van der Waals surface area contributed by atoms with Crippen molar-refractivity contribution in [2.24, 2.45) is 5.73 Å². The monoisotopic (exact) mass is 454 g/mol. The third-order valence-corrected chi connectivity index (χ3v) is 5.83. The average Bonchev–Trinajstić information content (AvgIpc) is 3.35. The smallest absolute Gasteiger partial charge is 0.305 e. The van der Waals surface area contributed by atoms with Crippen LogP contribution >= 0.6 is 11.6 Å². The van der Waals surface area contributed by atoms with Crippen LogP contribution in [0.4, 0.5) is 0 Å². The van der Waals surface area contributed by atoms with Crippen molar-refractivity contribution in [3.05, 3.63) is 70.0 Å². The second-order valence-electron chi connectivity index (χ2n) is 7.50. The van der Waals surface area contributed by atoms with Crippen molar-refractivity contribution < 1.29 is 23.8 Å². The zero-order valence-electron chi connectivity index (χ0n) is 17.8. The lowest BCUT2D eigenvalue weighted by Crippen LogP contribution is -2.13. The Kier molecular flexibility index (Phi) is 6.10. The highest BCUT2D eigenvalue weighted by molar-refractivity contribution is 6.30. The minimum Gasteiger partial charge on any atom is -0.469 e.